The van der Waals surface area contributed by atoms with E-state index in [-0.39, 0.29) is 19.1 Å². The van der Waals surface area contributed by atoms with Gasteiger partial charge in [0.1, 0.15) is 18.9 Å². The topological polar surface area (TPSA) is 64.6 Å². The summed E-state index contributed by atoms with van der Waals surface area (Å²) >= 11 is 3.37. The molecule has 0 aromatic heterocycles. The predicted molar refractivity (Wildman–Crippen MR) is 98.7 cm³/mol. The summed E-state index contributed by atoms with van der Waals surface area (Å²) in [7, 11) is 1.55. The van der Waals surface area contributed by atoms with Gasteiger partial charge in [-0.05, 0) is 55.3 Å². The Morgan fingerprint density at radius 3 is 2.52 bits per heavy atom. The molecule has 0 atom stereocenters. The lowest BCUT2D eigenvalue weighted by Gasteiger charge is -2.10. The Hall–Kier alpha value is -2.34. The fourth-order valence-electron chi connectivity index (χ4n) is 2.21. The number of nitrogens with one attached hydrogen (secondary N) is 1. The number of halogens is 1. The van der Waals surface area contributed by atoms with E-state index in [0.29, 0.717) is 11.3 Å². The molecule has 2 aromatic rings. The molecule has 0 heterocycles. The Bertz CT molecular complexity index is 789. The minimum absolute atomic E-state index is 0.0704. The van der Waals surface area contributed by atoms with Crippen molar-refractivity contribution < 1.29 is 19.1 Å². The first-order valence-electron chi connectivity index (χ1n) is 7.74. The number of amides is 1. The lowest BCUT2D eigenvalue weighted by molar-refractivity contribution is -0.143. The summed E-state index contributed by atoms with van der Waals surface area (Å²) in [6, 6.07) is 10.8. The number of carbonyl (C=O) groups is 2. The highest BCUT2D eigenvalue weighted by molar-refractivity contribution is 9.10. The van der Waals surface area contributed by atoms with E-state index >= 15 is 0 Å². The maximum absolute atomic E-state index is 12.1. The van der Waals surface area contributed by atoms with Crippen LogP contribution in [0.5, 0.6) is 5.75 Å². The zero-order chi connectivity index (χ0) is 18.4. The molecule has 1 N–H and O–H groups in total. The zero-order valence-corrected chi connectivity index (χ0v) is 16.0. The number of benzene rings is 2. The van der Waals surface area contributed by atoms with Crippen LogP contribution in [0.2, 0.25) is 0 Å². The fourth-order valence-corrected chi connectivity index (χ4v) is 2.61. The van der Waals surface area contributed by atoms with Gasteiger partial charge in [0.05, 0.1) is 7.11 Å². The average molecular weight is 406 g/mol. The van der Waals surface area contributed by atoms with Crippen molar-refractivity contribution >= 4 is 27.8 Å². The molecule has 0 unspecified atom stereocenters. The highest BCUT2D eigenvalue weighted by Gasteiger charge is 2.11. The quantitative estimate of drug-likeness (QED) is 0.746. The van der Waals surface area contributed by atoms with Crippen LogP contribution in [0.15, 0.2) is 40.9 Å². The fraction of sp³-hybridized carbons (Fsp3) is 0.263. The summed E-state index contributed by atoms with van der Waals surface area (Å²) < 4.78 is 11.3. The van der Waals surface area contributed by atoms with Crippen LogP contribution in [0, 0.1) is 13.8 Å². The van der Waals surface area contributed by atoms with Gasteiger partial charge >= 0.3 is 5.97 Å². The molecule has 0 saturated heterocycles. The molecule has 6 heteroatoms. The maximum atomic E-state index is 12.1. The van der Waals surface area contributed by atoms with E-state index in [0.717, 1.165) is 21.2 Å². The maximum Gasteiger partial charge on any atom is 0.325 e. The number of hydrogen-bond acceptors (Lipinski definition) is 4. The molecule has 0 aliphatic carbocycles. The Morgan fingerprint density at radius 1 is 1.08 bits per heavy atom. The van der Waals surface area contributed by atoms with E-state index in [1.165, 1.54) is 0 Å². The molecular weight excluding hydrogens is 386 g/mol. The van der Waals surface area contributed by atoms with E-state index in [1.54, 1.807) is 25.3 Å². The first-order chi connectivity index (χ1) is 11.9. The van der Waals surface area contributed by atoms with E-state index in [9.17, 15) is 9.59 Å². The Labute approximate surface area is 155 Å². The number of hydrogen-bond donors (Lipinski definition) is 1. The number of carbonyl (C=O) groups excluding carboxylic acids is 2. The van der Waals surface area contributed by atoms with Crippen LogP contribution in [0.1, 0.15) is 27.0 Å². The van der Waals surface area contributed by atoms with E-state index in [4.69, 9.17) is 9.47 Å². The van der Waals surface area contributed by atoms with Crippen molar-refractivity contribution in [2.24, 2.45) is 0 Å². The molecule has 5 nitrogen and oxygen atoms in total. The van der Waals surface area contributed by atoms with Crippen LogP contribution in [0.25, 0.3) is 0 Å². The molecule has 0 fully saturated rings. The molecule has 0 aliphatic rings. The van der Waals surface area contributed by atoms with Crippen LogP contribution in [0.4, 0.5) is 0 Å². The molecule has 0 saturated carbocycles. The minimum atomic E-state index is -0.515. The van der Waals surface area contributed by atoms with Crippen LogP contribution in [-0.4, -0.2) is 25.5 Å². The summed E-state index contributed by atoms with van der Waals surface area (Å²) in [6.07, 6.45) is 0. The third-order valence-electron chi connectivity index (χ3n) is 3.79. The Kier molecular flexibility index (Phi) is 6.58. The summed E-state index contributed by atoms with van der Waals surface area (Å²) in [4.78, 5) is 24.0. The standard InChI is InChI=1S/C19H20BrNO4/c1-12-4-5-14(8-13(12)2)19(23)21-10-18(22)25-11-15-9-16(20)6-7-17(15)24-3/h4-9H,10-11H2,1-3H3,(H,21,23). The average Bonchev–Trinajstić information content (AvgIpc) is 2.60. The SMILES string of the molecule is COc1ccc(Br)cc1COC(=O)CNC(=O)c1ccc(C)c(C)c1. The second-order valence-electron chi connectivity index (χ2n) is 5.60. The number of ether oxygens (including phenoxy) is 2. The lowest BCUT2D eigenvalue weighted by atomic mass is 10.1. The van der Waals surface area contributed by atoms with Gasteiger partial charge in [-0.1, -0.05) is 22.0 Å². The zero-order valence-electron chi connectivity index (χ0n) is 14.4. The summed E-state index contributed by atoms with van der Waals surface area (Å²) in [5.41, 5.74) is 3.39. The largest absolute Gasteiger partial charge is 0.496 e. The Balaban J connectivity index is 1.87. The number of esters is 1. The molecule has 0 spiro atoms. The molecule has 132 valence electrons. The minimum Gasteiger partial charge on any atom is -0.496 e. The third kappa shape index (κ3) is 5.32. The van der Waals surface area contributed by atoms with Crippen molar-refractivity contribution in [2.75, 3.05) is 13.7 Å². The van der Waals surface area contributed by atoms with Crippen LogP contribution < -0.4 is 10.1 Å². The number of aryl methyl sites for hydroxylation is 2. The smallest absolute Gasteiger partial charge is 0.325 e. The van der Waals surface area contributed by atoms with Gasteiger partial charge in [0.25, 0.3) is 5.91 Å². The van der Waals surface area contributed by atoms with Crippen molar-refractivity contribution in [1.29, 1.82) is 0 Å². The number of rotatable bonds is 6. The molecule has 2 aromatic carbocycles. The van der Waals surface area contributed by atoms with Gasteiger partial charge in [0.15, 0.2) is 0 Å². The van der Waals surface area contributed by atoms with Gasteiger partial charge in [-0.25, -0.2) is 0 Å². The Morgan fingerprint density at radius 2 is 1.84 bits per heavy atom. The monoisotopic (exact) mass is 405 g/mol. The molecule has 0 radical (unpaired) electrons. The summed E-state index contributed by atoms with van der Waals surface area (Å²) in [5.74, 6) is -0.186. The first kappa shape index (κ1) is 19.0. The van der Waals surface area contributed by atoms with Crippen LogP contribution in [0.3, 0.4) is 0 Å². The van der Waals surface area contributed by atoms with Gasteiger partial charge in [0, 0.05) is 15.6 Å². The van der Waals surface area contributed by atoms with Crippen LogP contribution in [-0.2, 0) is 16.1 Å². The third-order valence-corrected chi connectivity index (χ3v) is 4.29. The molecular formula is C19H20BrNO4. The molecule has 0 bridgehead atoms. The van der Waals surface area contributed by atoms with E-state index < -0.39 is 5.97 Å². The van der Waals surface area contributed by atoms with Gasteiger partial charge in [-0.2, -0.15) is 0 Å². The van der Waals surface area contributed by atoms with Crippen molar-refractivity contribution in [3.05, 3.63) is 63.1 Å². The second kappa shape index (κ2) is 8.67. The predicted octanol–water partition coefficient (Wildman–Crippen LogP) is 3.55. The van der Waals surface area contributed by atoms with Crippen molar-refractivity contribution in [1.82, 2.24) is 5.32 Å². The van der Waals surface area contributed by atoms with Gasteiger partial charge in [-0.3, -0.25) is 9.59 Å². The second-order valence-corrected chi connectivity index (χ2v) is 6.51. The molecule has 25 heavy (non-hydrogen) atoms. The molecule has 2 rings (SSSR count). The highest BCUT2D eigenvalue weighted by Crippen LogP contribution is 2.23. The van der Waals surface area contributed by atoms with E-state index in [2.05, 4.69) is 21.2 Å². The molecule has 0 aliphatic heterocycles. The molecule has 1 amide bonds. The normalized spacial score (nSPS) is 10.2. The van der Waals surface area contributed by atoms with Crippen molar-refractivity contribution in [3.8, 4) is 5.75 Å². The summed E-state index contributed by atoms with van der Waals surface area (Å²) in [6.45, 7) is 3.79. The first-order valence-corrected chi connectivity index (χ1v) is 8.53. The summed E-state index contributed by atoms with van der Waals surface area (Å²) in [5, 5.41) is 2.57. The lowest BCUT2D eigenvalue weighted by Crippen LogP contribution is -2.30. The highest BCUT2D eigenvalue weighted by atomic mass is 79.9. The van der Waals surface area contributed by atoms with Crippen molar-refractivity contribution in [2.45, 2.75) is 20.5 Å². The van der Waals surface area contributed by atoms with Gasteiger partial charge in [-0.15, -0.1) is 0 Å². The van der Waals surface area contributed by atoms with Gasteiger partial charge < -0.3 is 14.8 Å². The van der Waals surface area contributed by atoms with Crippen LogP contribution >= 0.6 is 15.9 Å². The van der Waals surface area contributed by atoms with E-state index in [1.807, 2.05) is 32.0 Å². The van der Waals surface area contributed by atoms with Crippen molar-refractivity contribution in [3.63, 3.8) is 0 Å². The van der Waals surface area contributed by atoms with Gasteiger partial charge in [0.2, 0.25) is 0 Å². The number of methoxy groups -OCH3 is 1.